The lowest BCUT2D eigenvalue weighted by molar-refractivity contribution is -0.259. The molecule has 5 heteroatoms. The molecule has 0 saturated carbocycles. The van der Waals surface area contributed by atoms with Crippen LogP contribution in [0.25, 0.3) is 0 Å². The Bertz CT molecular complexity index is 368. The van der Waals surface area contributed by atoms with Crippen LogP contribution in [-0.4, -0.2) is 11.3 Å². The van der Waals surface area contributed by atoms with Gasteiger partial charge in [0.25, 0.3) is 0 Å². The first-order chi connectivity index (χ1) is 6.66. The van der Waals surface area contributed by atoms with Crippen LogP contribution in [0.1, 0.15) is 18.1 Å². The summed E-state index contributed by atoms with van der Waals surface area (Å²) >= 11 is 0. The molecule has 1 rings (SSSR count). The highest BCUT2D eigenvalue weighted by atomic mass is 19.4. The van der Waals surface area contributed by atoms with Gasteiger partial charge in [-0.05, 0) is 25.5 Å². The molecule has 0 spiro atoms. The molecule has 1 atom stereocenters. The smallest absolute Gasteiger partial charge is 0.376 e. The standard InChI is InChI=1S/C10H10F4O/c1-6-3-4-7(8(11)5-6)9(2,15)10(12,13)14/h3-5,15H,1-2H3. The van der Waals surface area contributed by atoms with Gasteiger partial charge in [0.05, 0.1) is 0 Å². The van der Waals surface area contributed by atoms with Gasteiger partial charge in [-0.3, -0.25) is 0 Å². The molecule has 0 aromatic heterocycles. The Kier molecular flexibility index (Phi) is 2.78. The third-order valence-electron chi connectivity index (χ3n) is 2.20. The number of hydrogen-bond acceptors (Lipinski definition) is 1. The summed E-state index contributed by atoms with van der Waals surface area (Å²) < 4.78 is 50.4. The quantitative estimate of drug-likeness (QED) is 0.724. The number of benzene rings is 1. The Hall–Kier alpha value is -1.10. The van der Waals surface area contributed by atoms with Gasteiger partial charge >= 0.3 is 6.18 Å². The third-order valence-corrected chi connectivity index (χ3v) is 2.20. The highest BCUT2D eigenvalue weighted by molar-refractivity contribution is 5.29. The minimum absolute atomic E-state index is 0.495. The van der Waals surface area contributed by atoms with Crippen LogP contribution in [0.15, 0.2) is 18.2 Å². The van der Waals surface area contributed by atoms with Gasteiger partial charge in [-0.15, -0.1) is 0 Å². The first-order valence-corrected chi connectivity index (χ1v) is 4.22. The fourth-order valence-corrected chi connectivity index (χ4v) is 1.17. The number of rotatable bonds is 1. The fourth-order valence-electron chi connectivity index (χ4n) is 1.17. The largest absolute Gasteiger partial charge is 0.421 e. The van der Waals surface area contributed by atoms with E-state index in [1.807, 2.05) is 0 Å². The molecule has 0 saturated heterocycles. The van der Waals surface area contributed by atoms with Gasteiger partial charge < -0.3 is 5.11 Å². The van der Waals surface area contributed by atoms with Crippen LogP contribution in [0.5, 0.6) is 0 Å². The van der Waals surface area contributed by atoms with Crippen molar-refractivity contribution in [2.24, 2.45) is 0 Å². The average Bonchev–Trinajstić information content (AvgIpc) is 2.00. The minimum Gasteiger partial charge on any atom is -0.376 e. The van der Waals surface area contributed by atoms with Crippen molar-refractivity contribution in [3.05, 3.63) is 35.1 Å². The van der Waals surface area contributed by atoms with Crippen molar-refractivity contribution >= 4 is 0 Å². The summed E-state index contributed by atoms with van der Waals surface area (Å²) in [6.07, 6.45) is -4.90. The molecule has 0 aliphatic carbocycles. The number of halogens is 4. The summed E-state index contributed by atoms with van der Waals surface area (Å²) in [7, 11) is 0. The molecule has 0 fully saturated rings. The van der Waals surface area contributed by atoms with Crippen molar-refractivity contribution in [3.8, 4) is 0 Å². The van der Waals surface area contributed by atoms with Crippen molar-refractivity contribution in [1.29, 1.82) is 0 Å². The van der Waals surface area contributed by atoms with Crippen LogP contribution in [0.2, 0.25) is 0 Å². The summed E-state index contributed by atoms with van der Waals surface area (Å²) in [5.74, 6) is -1.06. The molecular weight excluding hydrogens is 212 g/mol. The second kappa shape index (κ2) is 3.48. The maximum Gasteiger partial charge on any atom is 0.421 e. The molecule has 84 valence electrons. The molecule has 1 nitrogen and oxygen atoms in total. The van der Waals surface area contributed by atoms with Gasteiger partial charge in [-0.2, -0.15) is 13.2 Å². The van der Waals surface area contributed by atoms with Gasteiger partial charge in [0.1, 0.15) is 5.82 Å². The number of aliphatic hydroxyl groups is 1. The van der Waals surface area contributed by atoms with Gasteiger partial charge in [-0.1, -0.05) is 12.1 Å². The molecule has 0 amide bonds. The van der Waals surface area contributed by atoms with Crippen molar-refractivity contribution in [3.63, 3.8) is 0 Å². The lowest BCUT2D eigenvalue weighted by atomic mass is 9.94. The predicted molar refractivity (Wildman–Crippen MR) is 46.8 cm³/mol. The molecule has 0 aliphatic rings. The predicted octanol–water partition coefficient (Wildman–Crippen LogP) is 2.90. The summed E-state index contributed by atoms with van der Waals surface area (Å²) in [5.41, 5.74) is -3.43. The topological polar surface area (TPSA) is 20.2 Å². The Morgan fingerprint density at radius 3 is 2.13 bits per heavy atom. The average molecular weight is 222 g/mol. The van der Waals surface area contributed by atoms with Crippen molar-refractivity contribution in [2.75, 3.05) is 0 Å². The second-order valence-electron chi connectivity index (χ2n) is 3.55. The maximum atomic E-state index is 13.2. The van der Waals surface area contributed by atoms with Gasteiger partial charge in [0.15, 0.2) is 5.60 Å². The summed E-state index contributed by atoms with van der Waals surface area (Å²) in [6, 6.07) is 3.21. The van der Waals surface area contributed by atoms with Crippen LogP contribution in [0.4, 0.5) is 17.6 Å². The lowest BCUT2D eigenvalue weighted by Crippen LogP contribution is -2.40. The number of alkyl halides is 3. The monoisotopic (exact) mass is 222 g/mol. The van der Waals surface area contributed by atoms with E-state index in [0.717, 1.165) is 12.1 Å². The Morgan fingerprint density at radius 1 is 1.20 bits per heavy atom. The summed E-state index contributed by atoms with van der Waals surface area (Å²) in [5, 5.41) is 9.23. The van der Waals surface area contributed by atoms with Crippen molar-refractivity contribution < 1.29 is 22.7 Å². The molecule has 1 aromatic carbocycles. The van der Waals surface area contributed by atoms with Gasteiger partial charge in [-0.25, -0.2) is 4.39 Å². The number of aryl methyl sites for hydroxylation is 1. The molecular formula is C10H10F4O. The fraction of sp³-hybridized carbons (Fsp3) is 0.400. The van der Waals surface area contributed by atoms with Crippen LogP contribution in [-0.2, 0) is 5.60 Å². The Morgan fingerprint density at radius 2 is 1.73 bits per heavy atom. The molecule has 1 unspecified atom stereocenters. The SMILES string of the molecule is Cc1ccc(C(C)(O)C(F)(F)F)c(F)c1. The molecule has 1 N–H and O–H groups in total. The van der Waals surface area contributed by atoms with E-state index in [0.29, 0.717) is 12.5 Å². The maximum absolute atomic E-state index is 13.2. The zero-order valence-corrected chi connectivity index (χ0v) is 8.19. The minimum atomic E-state index is -4.90. The van der Waals surface area contributed by atoms with E-state index >= 15 is 0 Å². The summed E-state index contributed by atoms with van der Waals surface area (Å²) in [6.45, 7) is 2.08. The van der Waals surface area contributed by atoms with Crippen molar-refractivity contribution in [2.45, 2.75) is 25.6 Å². The van der Waals surface area contributed by atoms with E-state index in [-0.39, 0.29) is 0 Å². The molecule has 0 bridgehead atoms. The van der Waals surface area contributed by atoms with E-state index in [2.05, 4.69) is 0 Å². The van der Waals surface area contributed by atoms with Crippen LogP contribution < -0.4 is 0 Å². The molecule has 15 heavy (non-hydrogen) atoms. The van der Waals surface area contributed by atoms with Crippen LogP contribution >= 0.6 is 0 Å². The van der Waals surface area contributed by atoms with Crippen LogP contribution in [0.3, 0.4) is 0 Å². The lowest BCUT2D eigenvalue weighted by Gasteiger charge is -2.27. The number of hydrogen-bond donors (Lipinski definition) is 1. The molecule has 0 radical (unpaired) electrons. The van der Waals surface area contributed by atoms with E-state index < -0.39 is 23.2 Å². The van der Waals surface area contributed by atoms with E-state index in [1.54, 1.807) is 6.92 Å². The van der Waals surface area contributed by atoms with E-state index in [9.17, 15) is 22.7 Å². The normalized spacial score (nSPS) is 16.2. The molecule has 0 aliphatic heterocycles. The van der Waals surface area contributed by atoms with Gasteiger partial charge in [0, 0.05) is 5.56 Å². The zero-order valence-electron chi connectivity index (χ0n) is 8.19. The second-order valence-corrected chi connectivity index (χ2v) is 3.55. The highest BCUT2D eigenvalue weighted by Crippen LogP contribution is 2.39. The first-order valence-electron chi connectivity index (χ1n) is 4.22. The molecule has 1 aromatic rings. The van der Waals surface area contributed by atoms with E-state index in [1.165, 1.54) is 6.07 Å². The Labute approximate surface area is 84.3 Å². The Balaban J connectivity index is 3.28. The highest BCUT2D eigenvalue weighted by Gasteiger charge is 2.52. The van der Waals surface area contributed by atoms with E-state index in [4.69, 9.17) is 0 Å². The third kappa shape index (κ3) is 2.12. The zero-order chi connectivity index (χ0) is 11.9. The van der Waals surface area contributed by atoms with Gasteiger partial charge in [0.2, 0.25) is 0 Å². The first kappa shape index (κ1) is 12.0. The van der Waals surface area contributed by atoms with Crippen molar-refractivity contribution in [1.82, 2.24) is 0 Å². The molecule has 0 heterocycles. The van der Waals surface area contributed by atoms with Crippen LogP contribution in [0, 0.1) is 12.7 Å². The summed E-state index contributed by atoms with van der Waals surface area (Å²) in [4.78, 5) is 0.